The number of methoxy groups -OCH3 is 1. The van der Waals surface area contributed by atoms with Crippen LogP contribution >= 0.6 is 23.2 Å². The predicted molar refractivity (Wildman–Crippen MR) is 138 cm³/mol. The predicted octanol–water partition coefficient (Wildman–Crippen LogP) is 6.92. The molecule has 0 heterocycles. The monoisotopic (exact) mass is 510 g/mol. The smallest absolute Gasteiger partial charge is 0.266 e. The Morgan fingerprint density at radius 2 is 1.77 bits per heavy atom. The summed E-state index contributed by atoms with van der Waals surface area (Å²) in [5.74, 6) is 0.934. The van der Waals surface area contributed by atoms with Crippen molar-refractivity contribution < 1.29 is 19.0 Å². The molecular formula is C27H24Cl2N2O4. The van der Waals surface area contributed by atoms with Crippen LogP contribution in [0, 0.1) is 11.3 Å². The Labute approximate surface area is 214 Å². The maximum atomic E-state index is 12.7. The van der Waals surface area contributed by atoms with Crippen molar-refractivity contribution in [2.75, 3.05) is 19.0 Å². The second kappa shape index (κ2) is 12.7. The number of amides is 1. The molecule has 8 heteroatoms. The fourth-order valence-corrected chi connectivity index (χ4v) is 3.46. The van der Waals surface area contributed by atoms with Crippen LogP contribution in [0.15, 0.2) is 66.2 Å². The molecule has 180 valence electrons. The topological polar surface area (TPSA) is 80.6 Å². The van der Waals surface area contributed by atoms with Crippen LogP contribution in [0.1, 0.15) is 24.5 Å². The van der Waals surface area contributed by atoms with Crippen molar-refractivity contribution in [2.45, 2.75) is 20.0 Å². The standard InChI is InChI=1S/C27H24Cl2N2O4/c1-3-12-34-26-24(29)14-19(15-25(26)33-2)13-20(16-30)27(32)31-22-8-10-23(11-9-22)35-17-18-4-6-21(28)7-5-18/h4-11,13-15H,3,12,17H2,1-2H3,(H,31,32)/b20-13+. The fraction of sp³-hybridized carbons (Fsp3) is 0.185. The minimum Gasteiger partial charge on any atom is -0.493 e. The Morgan fingerprint density at radius 1 is 1.06 bits per heavy atom. The number of carbonyl (C=O) groups is 1. The van der Waals surface area contributed by atoms with Crippen LogP contribution in [0.4, 0.5) is 5.69 Å². The maximum Gasteiger partial charge on any atom is 0.266 e. The van der Waals surface area contributed by atoms with Crippen LogP contribution < -0.4 is 19.5 Å². The first-order valence-electron chi connectivity index (χ1n) is 10.8. The van der Waals surface area contributed by atoms with E-state index >= 15 is 0 Å². The molecule has 0 aromatic heterocycles. The van der Waals surface area contributed by atoms with E-state index in [1.54, 1.807) is 48.5 Å². The molecule has 0 saturated heterocycles. The van der Waals surface area contributed by atoms with E-state index in [-0.39, 0.29) is 5.57 Å². The second-order valence-corrected chi connectivity index (χ2v) is 8.29. The van der Waals surface area contributed by atoms with Gasteiger partial charge in [0.1, 0.15) is 24.0 Å². The number of nitrogens with one attached hydrogen (secondary N) is 1. The third-order valence-corrected chi connectivity index (χ3v) is 5.34. The van der Waals surface area contributed by atoms with Crippen molar-refractivity contribution in [1.29, 1.82) is 5.26 Å². The molecule has 3 rings (SSSR count). The number of rotatable bonds is 10. The lowest BCUT2D eigenvalue weighted by Crippen LogP contribution is -2.13. The summed E-state index contributed by atoms with van der Waals surface area (Å²) >= 11 is 12.2. The highest BCUT2D eigenvalue weighted by atomic mass is 35.5. The van der Waals surface area contributed by atoms with Gasteiger partial charge in [-0.15, -0.1) is 0 Å². The van der Waals surface area contributed by atoms with Gasteiger partial charge in [0, 0.05) is 10.7 Å². The van der Waals surface area contributed by atoms with Gasteiger partial charge in [0.05, 0.1) is 18.7 Å². The lowest BCUT2D eigenvalue weighted by molar-refractivity contribution is -0.112. The number of hydrogen-bond acceptors (Lipinski definition) is 5. The Kier molecular flexibility index (Phi) is 9.42. The Hall–Kier alpha value is -3.66. The average Bonchev–Trinajstić information content (AvgIpc) is 2.86. The van der Waals surface area contributed by atoms with E-state index in [1.165, 1.54) is 13.2 Å². The van der Waals surface area contributed by atoms with Crippen molar-refractivity contribution in [3.63, 3.8) is 0 Å². The molecule has 1 amide bonds. The summed E-state index contributed by atoms with van der Waals surface area (Å²) in [4.78, 5) is 12.7. The number of halogens is 2. The molecule has 0 saturated carbocycles. The lowest BCUT2D eigenvalue weighted by Gasteiger charge is -2.13. The largest absolute Gasteiger partial charge is 0.493 e. The molecule has 3 aromatic rings. The van der Waals surface area contributed by atoms with E-state index in [4.69, 9.17) is 37.4 Å². The minimum absolute atomic E-state index is 0.0894. The maximum absolute atomic E-state index is 12.7. The molecule has 0 aliphatic heterocycles. The molecule has 1 N–H and O–H groups in total. The van der Waals surface area contributed by atoms with Gasteiger partial charge in [-0.25, -0.2) is 0 Å². The van der Waals surface area contributed by atoms with Gasteiger partial charge in [-0.2, -0.15) is 5.26 Å². The molecule has 0 fully saturated rings. The van der Waals surface area contributed by atoms with Gasteiger partial charge in [-0.3, -0.25) is 4.79 Å². The molecular weight excluding hydrogens is 487 g/mol. The number of nitriles is 1. The van der Waals surface area contributed by atoms with Crippen molar-refractivity contribution >= 4 is 40.9 Å². The highest BCUT2D eigenvalue weighted by molar-refractivity contribution is 6.32. The fourth-order valence-electron chi connectivity index (χ4n) is 3.06. The first kappa shape index (κ1) is 26.0. The normalized spacial score (nSPS) is 10.9. The van der Waals surface area contributed by atoms with Gasteiger partial charge < -0.3 is 19.5 Å². The third kappa shape index (κ3) is 7.41. The second-order valence-electron chi connectivity index (χ2n) is 7.45. The van der Waals surface area contributed by atoms with Crippen LogP contribution in [-0.2, 0) is 11.4 Å². The van der Waals surface area contributed by atoms with E-state index in [0.29, 0.717) is 51.8 Å². The van der Waals surface area contributed by atoms with E-state index in [9.17, 15) is 10.1 Å². The number of carbonyl (C=O) groups excluding carboxylic acids is 1. The van der Waals surface area contributed by atoms with Crippen molar-refractivity contribution in [2.24, 2.45) is 0 Å². The molecule has 0 unspecified atom stereocenters. The molecule has 0 aliphatic rings. The number of nitrogens with zero attached hydrogens (tertiary/aromatic N) is 1. The molecule has 0 aliphatic carbocycles. The average molecular weight is 511 g/mol. The van der Waals surface area contributed by atoms with Crippen molar-refractivity contribution in [3.05, 3.63) is 87.4 Å². The number of hydrogen-bond donors (Lipinski definition) is 1. The van der Waals surface area contributed by atoms with Gasteiger partial charge in [-0.1, -0.05) is 42.3 Å². The zero-order valence-electron chi connectivity index (χ0n) is 19.3. The van der Waals surface area contributed by atoms with Gasteiger partial charge >= 0.3 is 0 Å². The first-order chi connectivity index (χ1) is 16.9. The van der Waals surface area contributed by atoms with Gasteiger partial charge in [0.2, 0.25) is 0 Å². The summed E-state index contributed by atoms with van der Waals surface area (Å²) in [6.07, 6.45) is 2.26. The molecule has 0 atom stereocenters. The Morgan fingerprint density at radius 3 is 2.40 bits per heavy atom. The van der Waals surface area contributed by atoms with Crippen molar-refractivity contribution in [1.82, 2.24) is 0 Å². The number of benzene rings is 3. The van der Waals surface area contributed by atoms with E-state index in [2.05, 4.69) is 5.32 Å². The van der Waals surface area contributed by atoms with Gasteiger partial charge in [0.25, 0.3) is 5.91 Å². The lowest BCUT2D eigenvalue weighted by atomic mass is 10.1. The molecule has 6 nitrogen and oxygen atoms in total. The van der Waals surface area contributed by atoms with Gasteiger partial charge in [-0.05, 0) is 72.2 Å². The van der Waals surface area contributed by atoms with E-state index < -0.39 is 5.91 Å². The van der Waals surface area contributed by atoms with E-state index in [1.807, 2.05) is 25.1 Å². The zero-order valence-corrected chi connectivity index (χ0v) is 20.8. The molecule has 0 spiro atoms. The van der Waals surface area contributed by atoms with Crippen LogP contribution in [-0.4, -0.2) is 19.6 Å². The van der Waals surface area contributed by atoms with Crippen LogP contribution in [0.5, 0.6) is 17.2 Å². The highest BCUT2D eigenvalue weighted by Gasteiger charge is 2.14. The summed E-state index contributed by atoms with van der Waals surface area (Å²) in [6, 6.07) is 19.5. The van der Waals surface area contributed by atoms with Crippen LogP contribution in [0.25, 0.3) is 6.08 Å². The van der Waals surface area contributed by atoms with E-state index in [0.717, 1.165) is 12.0 Å². The minimum atomic E-state index is -0.552. The van der Waals surface area contributed by atoms with Crippen LogP contribution in [0.2, 0.25) is 10.0 Å². The zero-order chi connectivity index (χ0) is 25.2. The number of anilines is 1. The van der Waals surface area contributed by atoms with Crippen LogP contribution in [0.3, 0.4) is 0 Å². The summed E-state index contributed by atoms with van der Waals surface area (Å²) in [6.45, 7) is 2.86. The summed E-state index contributed by atoms with van der Waals surface area (Å²) < 4.78 is 16.8. The number of ether oxygens (including phenoxy) is 3. The SMILES string of the molecule is CCCOc1c(Cl)cc(/C=C(\C#N)C(=O)Nc2ccc(OCc3ccc(Cl)cc3)cc2)cc1OC. The highest BCUT2D eigenvalue weighted by Crippen LogP contribution is 2.37. The van der Waals surface area contributed by atoms with Gasteiger partial charge in [0.15, 0.2) is 11.5 Å². The Bertz CT molecular complexity index is 1230. The third-order valence-electron chi connectivity index (χ3n) is 4.81. The van der Waals surface area contributed by atoms with Crippen molar-refractivity contribution in [3.8, 4) is 23.3 Å². The molecule has 0 bridgehead atoms. The quantitative estimate of drug-likeness (QED) is 0.236. The summed E-state index contributed by atoms with van der Waals surface area (Å²) in [7, 11) is 1.50. The summed E-state index contributed by atoms with van der Waals surface area (Å²) in [5, 5.41) is 13.3. The molecule has 35 heavy (non-hydrogen) atoms. The summed E-state index contributed by atoms with van der Waals surface area (Å²) in [5.41, 5.74) is 1.95. The Balaban J connectivity index is 1.67. The molecule has 3 aromatic carbocycles. The first-order valence-corrected chi connectivity index (χ1v) is 11.6. The molecule has 0 radical (unpaired) electrons.